The molecule has 0 spiro atoms. The lowest BCUT2D eigenvalue weighted by Gasteiger charge is -2.14. The first-order valence-corrected chi connectivity index (χ1v) is 12.1. The highest BCUT2D eigenvalue weighted by molar-refractivity contribution is 7.93. The van der Waals surface area contributed by atoms with Crippen LogP contribution in [0, 0.1) is 24.0 Å². The molecule has 0 radical (unpaired) electrons. The Morgan fingerprint density at radius 3 is 2.12 bits per heavy atom. The van der Waals surface area contributed by atoms with E-state index in [1.807, 2.05) is 13.0 Å². The molecule has 0 heterocycles. The number of nitrogens with one attached hydrogen (secondary N) is 2. The molecular weight excluding hydrogens is 458 g/mol. The van der Waals surface area contributed by atoms with Crippen molar-refractivity contribution in [2.45, 2.75) is 23.6 Å². The fourth-order valence-corrected chi connectivity index (χ4v) is 5.04. The van der Waals surface area contributed by atoms with Crippen molar-refractivity contribution in [3.8, 4) is 5.75 Å². The average molecular weight is 478 g/mol. The third-order valence-corrected chi connectivity index (χ3v) is 7.23. The Morgan fingerprint density at radius 1 is 0.844 bits per heavy atom. The maximum absolute atomic E-state index is 12.8. The van der Waals surface area contributed by atoms with Crippen LogP contribution in [0.3, 0.4) is 0 Å². The molecule has 3 rings (SSSR count). The van der Waals surface area contributed by atoms with Crippen LogP contribution in [0.5, 0.6) is 5.75 Å². The lowest BCUT2D eigenvalue weighted by Crippen LogP contribution is -2.16. The molecule has 0 atom stereocenters. The van der Waals surface area contributed by atoms with Gasteiger partial charge in [0.25, 0.3) is 20.0 Å². The fraction of sp³-hybridized carbons (Fsp3) is 0.100. The Bertz CT molecular complexity index is 1420. The molecule has 0 unspecified atom stereocenters. The molecule has 0 saturated heterocycles. The largest absolute Gasteiger partial charge is 0.502 e. The van der Waals surface area contributed by atoms with Gasteiger partial charge in [-0.3, -0.25) is 19.6 Å². The maximum Gasteiger partial charge on any atom is 0.312 e. The Kier molecular flexibility index (Phi) is 6.10. The summed E-state index contributed by atoms with van der Waals surface area (Å²) in [5.41, 5.74) is 0.835. The predicted molar refractivity (Wildman–Crippen MR) is 119 cm³/mol. The molecule has 0 aliphatic heterocycles. The van der Waals surface area contributed by atoms with Gasteiger partial charge in [-0.2, -0.15) is 0 Å². The highest BCUT2D eigenvalue weighted by atomic mass is 32.2. The van der Waals surface area contributed by atoms with Crippen LogP contribution < -0.4 is 9.44 Å². The Morgan fingerprint density at radius 2 is 1.47 bits per heavy atom. The summed E-state index contributed by atoms with van der Waals surface area (Å²) in [6, 6.07) is 13.3. The highest BCUT2D eigenvalue weighted by Gasteiger charge is 2.23. The summed E-state index contributed by atoms with van der Waals surface area (Å²) in [6.45, 7) is 3.38. The normalized spacial score (nSPS) is 11.7. The van der Waals surface area contributed by atoms with Gasteiger partial charge < -0.3 is 5.11 Å². The molecule has 0 saturated carbocycles. The molecule has 0 bridgehead atoms. The number of anilines is 2. The van der Waals surface area contributed by atoms with Gasteiger partial charge in [-0.1, -0.05) is 18.2 Å². The van der Waals surface area contributed by atoms with Crippen LogP contribution in [0.15, 0.2) is 70.5 Å². The van der Waals surface area contributed by atoms with Crippen LogP contribution in [0.4, 0.5) is 17.1 Å². The van der Waals surface area contributed by atoms with Gasteiger partial charge in [0.15, 0.2) is 5.75 Å². The van der Waals surface area contributed by atoms with E-state index in [1.54, 1.807) is 25.1 Å². The van der Waals surface area contributed by atoms with Gasteiger partial charge in [-0.25, -0.2) is 16.8 Å². The number of aryl methyl sites for hydroxylation is 2. The molecule has 3 aromatic carbocycles. The summed E-state index contributed by atoms with van der Waals surface area (Å²) in [4.78, 5) is 9.44. The van der Waals surface area contributed by atoms with Crippen LogP contribution >= 0.6 is 0 Å². The van der Waals surface area contributed by atoms with Gasteiger partial charge in [0, 0.05) is 11.8 Å². The number of hydrogen-bond acceptors (Lipinski definition) is 7. The number of aromatic hydroxyl groups is 1. The number of nitro benzene ring substituents is 1. The number of phenols is 1. The lowest BCUT2D eigenvalue weighted by molar-refractivity contribution is -0.386. The summed E-state index contributed by atoms with van der Waals surface area (Å²) in [5.74, 6) is -0.680. The molecule has 0 amide bonds. The third kappa shape index (κ3) is 4.98. The van der Waals surface area contributed by atoms with E-state index in [2.05, 4.69) is 9.44 Å². The predicted octanol–water partition coefficient (Wildman–Crippen LogP) is 3.52. The molecule has 3 N–H and O–H groups in total. The van der Waals surface area contributed by atoms with Gasteiger partial charge in [-0.15, -0.1) is 0 Å². The van der Waals surface area contributed by atoms with Crippen molar-refractivity contribution < 1.29 is 26.9 Å². The SMILES string of the molecule is Cc1cccc(NS(=O)(=O)c2ccc(C)c(NS(=O)(=O)c3ccc(O)c([N+](=O)[O-])c3)c2)c1. The lowest BCUT2D eigenvalue weighted by atomic mass is 10.2. The molecule has 10 nitrogen and oxygen atoms in total. The van der Waals surface area contributed by atoms with Gasteiger partial charge in [0.05, 0.1) is 20.4 Å². The van der Waals surface area contributed by atoms with E-state index in [4.69, 9.17) is 0 Å². The standard InChI is InChI=1S/C20H19N3O7S2/c1-13-4-3-5-15(10-13)21-31(27,28)16-7-6-14(2)18(11-16)22-32(29,30)17-8-9-20(24)19(12-17)23(25)26/h3-12,21-22,24H,1-2H3. The zero-order valence-electron chi connectivity index (χ0n) is 16.9. The second-order valence-corrected chi connectivity index (χ2v) is 10.3. The minimum atomic E-state index is -4.32. The number of phenolic OH excluding ortho intramolecular Hbond substituents is 1. The number of nitro groups is 1. The Balaban J connectivity index is 1.95. The number of sulfonamides is 2. The van der Waals surface area contributed by atoms with Crippen molar-refractivity contribution in [2.24, 2.45) is 0 Å². The molecule has 0 aliphatic carbocycles. The van der Waals surface area contributed by atoms with Crippen molar-refractivity contribution in [1.29, 1.82) is 0 Å². The van der Waals surface area contributed by atoms with E-state index >= 15 is 0 Å². The number of benzene rings is 3. The van der Waals surface area contributed by atoms with Crippen molar-refractivity contribution in [3.05, 3.63) is 81.9 Å². The molecule has 12 heteroatoms. The third-order valence-electron chi connectivity index (χ3n) is 4.49. The van der Waals surface area contributed by atoms with Crippen molar-refractivity contribution in [2.75, 3.05) is 9.44 Å². The maximum atomic E-state index is 12.8. The summed E-state index contributed by atoms with van der Waals surface area (Å²) in [6.07, 6.45) is 0. The number of hydrogen-bond donors (Lipinski definition) is 3. The van der Waals surface area contributed by atoms with Crippen LogP contribution in [0.1, 0.15) is 11.1 Å². The minimum Gasteiger partial charge on any atom is -0.502 e. The zero-order chi connectivity index (χ0) is 23.7. The topological polar surface area (TPSA) is 156 Å². The van der Waals surface area contributed by atoms with E-state index in [0.29, 0.717) is 17.3 Å². The van der Waals surface area contributed by atoms with E-state index in [-0.39, 0.29) is 10.6 Å². The monoisotopic (exact) mass is 477 g/mol. The quantitative estimate of drug-likeness (QED) is 0.347. The van der Waals surface area contributed by atoms with Crippen LogP contribution in [0.25, 0.3) is 0 Å². The highest BCUT2D eigenvalue weighted by Crippen LogP contribution is 2.30. The number of nitrogens with zero attached hydrogens (tertiary/aromatic N) is 1. The summed E-state index contributed by atoms with van der Waals surface area (Å²) in [7, 11) is -8.34. The fourth-order valence-electron chi connectivity index (χ4n) is 2.82. The van der Waals surface area contributed by atoms with E-state index in [1.165, 1.54) is 12.1 Å². The summed E-state index contributed by atoms with van der Waals surface area (Å²) < 4.78 is 55.7. The summed E-state index contributed by atoms with van der Waals surface area (Å²) in [5, 5.41) is 20.5. The Labute approximate surface area is 184 Å². The first-order valence-electron chi connectivity index (χ1n) is 9.09. The molecule has 3 aromatic rings. The first kappa shape index (κ1) is 23.0. The molecule has 0 fully saturated rings. The zero-order valence-corrected chi connectivity index (χ0v) is 18.6. The van der Waals surface area contributed by atoms with E-state index in [0.717, 1.165) is 23.8 Å². The van der Waals surface area contributed by atoms with Crippen molar-refractivity contribution >= 4 is 37.1 Å². The molecule has 168 valence electrons. The van der Waals surface area contributed by atoms with E-state index in [9.17, 15) is 32.1 Å². The first-order chi connectivity index (χ1) is 14.9. The van der Waals surface area contributed by atoms with Gasteiger partial charge >= 0.3 is 5.69 Å². The Hall–Kier alpha value is -3.64. The molecule has 0 aromatic heterocycles. The number of rotatable bonds is 7. The second-order valence-electron chi connectivity index (χ2n) is 6.96. The van der Waals surface area contributed by atoms with Crippen molar-refractivity contribution in [3.63, 3.8) is 0 Å². The second kappa shape index (κ2) is 8.48. The average Bonchev–Trinajstić information content (AvgIpc) is 2.69. The van der Waals surface area contributed by atoms with Gasteiger partial charge in [0.2, 0.25) is 0 Å². The van der Waals surface area contributed by atoms with E-state index < -0.39 is 41.3 Å². The smallest absolute Gasteiger partial charge is 0.312 e. The summed E-state index contributed by atoms with van der Waals surface area (Å²) >= 11 is 0. The van der Waals surface area contributed by atoms with Crippen LogP contribution in [-0.2, 0) is 20.0 Å². The van der Waals surface area contributed by atoms with Crippen LogP contribution in [-0.4, -0.2) is 26.9 Å². The van der Waals surface area contributed by atoms with Gasteiger partial charge in [0.1, 0.15) is 0 Å². The van der Waals surface area contributed by atoms with Crippen LogP contribution in [0.2, 0.25) is 0 Å². The van der Waals surface area contributed by atoms with Crippen molar-refractivity contribution in [1.82, 2.24) is 0 Å². The molecule has 32 heavy (non-hydrogen) atoms. The molecule has 0 aliphatic rings. The minimum absolute atomic E-state index is 0.0205. The molecular formula is C20H19N3O7S2. The van der Waals surface area contributed by atoms with Gasteiger partial charge in [-0.05, 0) is 61.4 Å².